The second-order valence-corrected chi connectivity index (χ2v) is 7.39. The van der Waals surface area contributed by atoms with Gasteiger partial charge in [-0.25, -0.2) is 0 Å². The van der Waals surface area contributed by atoms with E-state index in [1.165, 1.54) is 51.4 Å². The zero-order valence-electron chi connectivity index (χ0n) is 15.8. The molecular weight excluding hydrogens is 374 g/mol. The van der Waals surface area contributed by atoms with Crippen LogP contribution in [0.3, 0.4) is 0 Å². The second kappa shape index (κ2) is 18.8. The molecular formula is C18H30K2O3S. The van der Waals surface area contributed by atoms with E-state index in [9.17, 15) is 8.42 Å². The summed E-state index contributed by atoms with van der Waals surface area (Å²) in [6, 6.07) is 8.33. The molecule has 24 heavy (non-hydrogen) atoms. The predicted molar refractivity (Wildman–Crippen MR) is 103 cm³/mol. The summed E-state index contributed by atoms with van der Waals surface area (Å²) in [5, 5.41) is 0. The molecule has 0 heterocycles. The van der Waals surface area contributed by atoms with Crippen molar-refractivity contribution in [3.8, 4) is 0 Å². The number of benzene rings is 1. The summed E-state index contributed by atoms with van der Waals surface area (Å²) in [5.74, 6) is 0. The molecule has 0 saturated carbocycles. The first-order valence-corrected chi connectivity index (χ1v) is 10.0. The van der Waals surface area contributed by atoms with Crippen molar-refractivity contribution in [1.82, 2.24) is 0 Å². The Bertz CT molecular complexity index is 478. The third-order valence-corrected chi connectivity index (χ3v) is 5.09. The Kier molecular flexibility index (Phi) is 22.4. The molecule has 0 aliphatic carbocycles. The molecule has 0 bridgehead atoms. The van der Waals surface area contributed by atoms with Gasteiger partial charge in [-0.3, -0.25) is 4.18 Å². The fourth-order valence-corrected chi connectivity index (χ4v) is 3.38. The molecule has 0 spiro atoms. The zero-order valence-corrected chi connectivity index (χ0v) is 22.9. The average molecular weight is 405 g/mol. The van der Waals surface area contributed by atoms with Crippen molar-refractivity contribution in [3.05, 3.63) is 30.3 Å². The largest absolute Gasteiger partial charge is 0.296 e. The zero-order chi connectivity index (χ0) is 16.1. The maximum Gasteiger partial charge on any atom is 0.296 e. The van der Waals surface area contributed by atoms with E-state index in [4.69, 9.17) is 4.18 Å². The van der Waals surface area contributed by atoms with E-state index in [0.29, 0.717) is 0 Å². The van der Waals surface area contributed by atoms with Crippen molar-refractivity contribution in [2.75, 3.05) is 6.61 Å². The van der Waals surface area contributed by atoms with Crippen LogP contribution >= 0.6 is 0 Å². The van der Waals surface area contributed by atoms with Crippen LogP contribution in [0.25, 0.3) is 0 Å². The van der Waals surface area contributed by atoms with Gasteiger partial charge in [0, 0.05) is 103 Å². The molecule has 6 heteroatoms. The Balaban J connectivity index is 0. The topological polar surface area (TPSA) is 43.4 Å². The summed E-state index contributed by atoms with van der Waals surface area (Å²) in [6.07, 6.45) is 12.3. The van der Waals surface area contributed by atoms with Gasteiger partial charge in [0.2, 0.25) is 0 Å². The van der Waals surface area contributed by atoms with Crippen LogP contribution in [0.4, 0.5) is 0 Å². The molecule has 0 amide bonds. The number of hydrogen-bond donors (Lipinski definition) is 0. The predicted octanol–water partition coefficient (Wildman–Crippen LogP) is 4.55. The standard InChI is InChI=1S/C18H30O3S.2K/c1-2-3-4-5-6-7-8-9-10-14-17-21-22(19,20)18-15-12-11-13-16-18;;/h11-13,15-16H,2-10,14,17H2,1H3;;. The van der Waals surface area contributed by atoms with E-state index in [1.807, 2.05) is 0 Å². The molecule has 2 radical (unpaired) electrons. The van der Waals surface area contributed by atoms with Gasteiger partial charge in [0.05, 0.1) is 11.5 Å². The van der Waals surface area contributed by atoms with Crippen molar-refractivity contribution in [2.24, 2.45) is 0 Å². The molecule has 1 aromatic carbocycles. The Hall–Kier alpha value is 2.40. The summed E-state index contributed by atoms with van der Waals surface area (Å²) in [7, 11) is -3.57. The smallest absolute Gasteiger partial charge is 0.266 e. The van der Waals surface area contributed by atoms with Gasteiger partial charge < -0.3 is 0 Å². The van der Waals surface area contributed by atoms with Gasteiger partial charge in [-0.05, 0) is 18.6 Å². The second-order valence-electron chi connectivity index (χ2n) is 5.77. The quantitative estimate of drug-likeness (QED) is 0.275. The van der Waals surface area contributed by atoms with Gasteiger partial charge in [0.25, 0.3) is 10.1 Å². The molecule has 0 unspecified atom stereocenters. The summed E-state index contributed by atoms with van der Waals surface area (Å²) in [5.41, 5.74) is 0. The Morgan fingerprint density at radius 1 is 0.750 bits per heavy atom. The van der Waals surface area contributed by atoms with E-state index in [0.717, 1.165) is 12.8 Å². The van der Waals surface area contributed by atoms with Crippen LogP contribution in [-0.2, 0) is 14.3 Å². The first-order valence-electron chi connectivity index (χ1n) is 8.61. The van der Waals surface area contributed by atoms with Gasteiger partial charge in [-0.2, -0.15) is 8.42 Å². The summed E-state index contributed by atoms with van der Waals surface area (Å²) in [4.78, 5) is 0.238. The molecule has 0 N–H and O–H groups in total. The van der Waals surface area contributed by atoms with Crippen molar-refractivity contribution < 1.29 is 12.6 Å². The van der Waals surface area contributed by atoms with Crippen LogP contribution in [0, 0.1) is 0 Å². The van der Waals surface area contributed by atoms with Crippen LogP contribution in [0.5, 0.6) is 0 Å². The van der Waals surface area contributed by atoms with E-state index in [1.54, 1.807) is 30.3 Å². The van der Waals surface area contributed by atoms with Crippen LogP contribution < -0.4 is 0 Å². The fourth-order valence-electron chi connectivity index (χ4n) is 2.41. The molecule has 0 aromatic heterocycles. The Labute approximate surface area is 234 Å². The molecule has 0 atom stereocenters. The van der Waals surface area contributed by atoms with Crippen molar-refractivity contribution >= 4 is 113 Å². The maximum atomic E-state index is 11.9. The molecule has 0 saturated heterocycles. The van der Waals surface area contributed by atoms with E-state index < -0.39 is 10.1 Å². The van der Waals surface area contributed by atoms with Crippen LogP contribution in [0.1, 0.15) is 71.1 Å². The molecule has 0 fully saturated rings. The van der Waals surface area contributed by atoms with Gasteiger partial charge >= 0.3 is 0 Å². The van der Waals surface area contributed by atoms with Crippen molar-refractivity contribution in [2.45, 2.75) is 76.0 Å². The molecule has 0 aliphatic rings. The fraction of sp³-hybridized carbons (Fsp3) is 0.667. The van der Waals surface area contributed by atoms with E-state index in [-0.39, 0.29) is 114 Å². The van der Waals surface area contributed by atoms with E-state index in [2.05, 4.69) is 6.92 Å². The Morgan fingerprint density at radius 3 is 1.71 bits per heavy atom. The van der Waals surface area contributed by atoms with Crippen LogP contribution in [-0.4, -0.2) is 118 Å². The van der Waals surface area contributed by atoms with Crippen LogP contribution in [0.2, 0.25) is 0 Å². The van der Waals surface area contributed by atoms with Gasteiger partial charge in [-0.15, -0.1) is 0 Å². The minimum Gasteiger partial charge on any atom is -0.266 e. The number of hydrogen-bond acceptors (Lipinski definition) is 3. The van der Waals surface area contributed by atoms with Gasteiger partial charge in [0.1, 0.15) is 0 Å². The Morgan fingerprint density at radius 2 is 1.21 bits per heavy atom. The minimum absolute atomic E-state index is 0. The van der Waals surface area contributed by atoms with Crippen molar-refractivity contribution in [1.29, 1.82) is 0 Å². The summed E-state index contributed by atoms with van der Waals surface area (Å²) in [6.45, 7) is 2.52. The first kappa shape index (κ1) is 28.6. The third kappa shape index (κ3) is 14.5. The van der Waals surface area contributed by atoms with Crippen molar-refractivity contribution in [3.63, 3.8) is 0 Å². The third-order valence-electron chi connectivity index (χ3n) is 3.77. The monoisotopic (exact) mass is 404 g/mol. The SMILES string of the molecule is CCCCCCCCCCCCOS(=O)(=O)c1ccccc1.[K].[K]. The van der Waals surface area contributed by atoms with Crippen LogP contribution in [0.15, 0.2) is 35.2 Å². The molecule has 0 aliphatic heterocycles. The molecule has 1 rings (SSSR count). The number of unbranched alkanes of at least 4 members (excludes halogenated alkanes) is 9. The average Bonchev–Trinajstić information content (AvgIpc) is 2.53. The molecule has 3 nitrogen and oxygen atoms in total. The van der Waals surface area contributed by atoms with E-state index >= 15 is 0 Å². The van der Waals surface area contributed by atoms with Gasteiger partial charge in [-0.1, -0.05) is 82.9 Å². The molecule has 1 aromatic rings. The molecule has 128 valence electrons. The van der Waals surface area contributed by atoms with Gasteiger partial charge in [0.15, 0.2) is 0 Å². The summed E-state index contributed by atoms with van der Waals surface area (Å²) >= 11 is 0. The number of rotatable bonds is 13. The normalized spacial score (nSPS) is 10.7. The first-order chi connectivity index (χ1) is 10.7. The maximum absolute atomic E-state index is 11.9. The minimum atomic E-state index is -3.57. The summed E-state index contributed by atoms with van der Waals surface area (Å²) < 4.78 is 28.8.